The number of hydrogen-bond donors (Lipinski definition) is 2. The molecule has 1 rings (SSSR count). The van der Waals surface area contributed by atoms with Crippen molar-refractivity contribution in [1.29, 1.82) is 0 Å². The largest absolute Gasteiger partial charge is 0.339 e. The summed E-state index contributed by atoms with van der Waals surface area (Å²) < 4.78 is 0. The number of piperazine rings is 1. The quantitative estimate of drug-likeness (QED) is 0.309. The van der Waals surface area contributed by atoms with Crippen molar-refractivity contribution in [2.24, 2.45) is 16.8 Å². The number of nitrogens with one attached hydrogen (secondary N) is 1. The second-order valence-electron chi connectivity index (χ2n) is 5.83. The maximum atomic E-state index is 5.58. The van der Waals surface area contributed by atoms with Crippen molar-refractivity contribution in [2.45, 2.75) is 13.8 Å². The van der Waals surface area contributed by atoms with E-state index in [1.807, 2.05) is 0 Å². The Labute approximate surface area is 117 Å². The van der Waals surface area contributed by atoms with E-state index in [2.05, 4.69) is 53.1 Å². The predicted molar refractivity (Wildman–Crippen MR) is 81.0 cm³/mol. The van der Waals surface area contributed by atoms with Crippen LogP contribution in [0.2, 0.25) is 0 Å². The van der Waals surface area contributed by atoms with Crippen LogP contribution in [0.25, 0.3) is 0 Å². The fourth-order valence-electron chi connectivity index (χ4n) is 2.03. The Hall–Kier alpha value is -0.850. The average Bonchev–Trinajstić information content (AvgIpc) is 2.38. The first-order valence-electron chi connectivity index (χ1n) is 7.16. The third-order valence-electron chi connectivity index (χ3n) is 3.27. The number of nitrogens with zero attached hydrogens (tertiary/aromatic N) is 4. The highest BCUT2D eigenvalue weighted by Gasteiger charge is 2.19. The van der Waals surface area contributed by atoms with Crippen molar-refractivity contribution in [2.75, 3.05) is 59.9 Å². The molecule has 1 fully saturated rings. The molecule has 6 heteroatoms. The van der Waals surface area contributed by atoms with Crippen LogP contribution in [0.3, 0.4) is 0 Å². The molecule has 0 bridgehead atoms. The first-order valence-corrected chi connectivity index (χ1v) is 7.16. The van der Waals surface area contributed by atoms with Gasteiger partial charge < -0.3 is 9.80 Å². The molecule has 1 heterocycles. The molecule has 0 unspecified atom stereocenters. The van der Waals surface area contributed by atoms with E-state index in [4.69, 9.17) is 5.84 Å². The van der Waals surface area contributed by atoms with Crippen LogP contribution in [0.1, 0.15) is 13.8 Å². The van der Waals surface area contributed by atoms with E-state index in [9.17, 15) is 0 Å². The molecule has 112 valence electrons. The van der Waals surface area contributed by atoms with Gasteiger partial charge in [-0.25, -0.2) is 5.84 Å². The van der Waals surface area contributed by atoms with Crippen LogP contribution in [0.15, 0.2) is 4.99 Å². The van der Waals surface area contributed by atoms with Crippen LogP contribution >= 0.6 is 0 Å². The maximum Gasteiger partial charge on any atom is 0.208 e. The van der Waals surface area contributed by atoms with E-state index < -0.39 is 0 Å². The molecule has 6 nitrogen and oxygen atoms in total. The minimum absolute atomic E-state index is 0.560. The summed E-state index contributed by atoms with van der Waals surface area (Å²) in [5, 5.41) is 0. The van der Waals surface area contributed by atoms with Crippen LogP contribution in [0.5, 0.6) is 0 Å². The molecule has 0 saturated carbocycles. The van der Waals surface area contributed by atoms with E-state index in [1.165, 1.54) is 0 Å². The van der Waals surface area contributed by atoms with Crippen molar-refractivity contribution in [3.8, 4) is 0 Å². The number of nitrogens with two attached hydrogens (primary N) is 1. The van der Waals surface area contributed by atoms with Crippen LogP contribution in [-0.4, -0.2) is 80.6 Å². The highest BCUT2D eigenvalue weighted by Crippen LogP contribution is 2.03. The van der Waals surface area contributed by atoms with Gasteiger partial charge in [0.2, 0.25) is 5.96 Å². The maximum absolute atomic E-state index is 5.58. The van der Waals surface area contributed by atoms with E-state index in [0.717, 1.165) is 51.8 Å². The van der Waals surface area contributed by atoms with Gasteiger partial charge in [-0.1, -0.05) is 13.8 Å². The Morgan fingerprint density at radius 1 is 1.26 bits per heavy atom. The molecule has 1 aliphatic heterocycles. The molecular formula is C13H30N6. The molecule has 19 heavy (non-hydrogen) atoms. The van der Waals surface area contributed by atoms with Crippen molar-refractivity contribution < 1.29 is 0 Å². The smallest absolute Gasteiger partial charge is 0.208 e. The summed E-state index contributed by atoms with van der Waals surface area (Å²) >= 11 is 0. The average molecular weight is 270 g/mol. The lowest BCUT2D eigenvalue weighted by atomic mass is 10.2. The van der Waals surface area contributed by atoms with E-state index in [-0.39, 0.29) is 0 Å². The molecule has 0 aromatic rings. The molecule has 0 aliphatic carbocycles. The molecule has 3 N–H and O–H groups in total. The lowest BCUT2D eigenvalue weighted by molar-refractivity contribution is 0.166. The zero-order chi connectivity index (χ0) is 14.3. The molecule has 0 amide bonds. The minimum atomic E-state index is 0.560. The molecule has 1 aliphatic rings. The van der Waals surface area contributed by atoms with Crippen LogP contribution in [0.4, 0.5) is 0 Å². The summed E-state index contributed by atoms with van der Waals surface area (Å²) in [6, 6.07) is 0. The van der Waals surface area contributed by atoms with Crippen LogP contribution < -0.4 is 11.3 Å². The Morgan fingerprint density at radius 2 is 1.89 bits per heavy atom. The van der Waals surface area contributed by atoms with Gasteiger partial charge in [-0.15, -0.1) is 0 Å². The Morgan fingerprint density at radius 3 is 2.37 bits per heavy atom. The third-order valence-corrected chi connectivity index (χ3v) is 3.27. The van der Waals surface area contributed by atoms with E-state index in [1.54, 1.807) is 0 Å². The van der Waals surface area contributed by atoms with Gasteiger partial charge in [-0.05, 0) is 20.0 Å². The number of likely N-dealkylation sites (N-methyl/N-ethyl adjacent to an activating group) is 1. The number of hydrazine groups is 1. The number of hydrogen-bond acceptors (Lipinski definition) is 4. The normalized spacial score (nSPS) is 18.5. The summed E-state index contributed by atoms with van der Waals surface area (Å²) in [6.07, 6.45) is 0. The van der Waals surface area contributed by atoms with Crippen molar-refractivity contribution in [1.82, 2.24) is 20.1 Å². The number of aliphatic imine (C=N–C) groups is 1. The lowest BCUT2D eigenvalue weighted by Crippen LogP contribution is -2.54. The summed E-state index contributed by atoms with van der Waals surface area (Å²) in [6.45, 7) is 11.5. The standard InChI is InChI=1S/C13H30N6/c1-12(2)11-15-13(16-14)19-9-7-18(8-10-19)6-5-17(3)4/h12H,5-11,14H2,1-4H3,(H,15,16). The Kier molecular flexibility index (Phi) is 7.12. The summed E-state index contributed by atoms with van der Waals surface area (Å²) in [5.74, 6) is 6.97. The predicted octanol–water partition coefficient (Wildman–Crippen LogP) is -0.359. The summed E-state index contributed by atoms with van der Waals surface area (Å²) in [4.78, 5) is 11.5. The monoisotopic (exact) mass is 270 g/mol. The second kappa shape index (κ2) is 8.35. The van der Waals surface area contributed by atoms with Crippen molar-refractivity contribution in [3.63, 3.8) is 0 Å². The minimum Gasteiger partial charge on any atom is -0.339 e. The fraction of sp³-hybridized carbons (Fsp3) is 0.923. The van der Waals surface area contributed by atoms with Gasteiger partial charge in [-0.2, -0.15) is 0 Å². The van der Waals surface area contributed by atoms with Gasteiger partial charge in [0.25, 0.3) is 0 Å². The summed E-state index contributed by atoms with van der Waals surface area (Å²) in [5.41, 5.74) is 2.74. The Balaban J connectivity index is 2.36. The molecular weight excluding hydrogens is 240 g/mol. The second-order valence-corrected chi connectivity index (χ2v) is 5.83. The molecule has 0 aromatic heterocycles. The first-order chi connectivity index (χ1) is 9.02. The fourth-order valence-corrected chi connectivity index (χ4v) is 2.03. The zero-order valence-electron chi connectivity index (χ0n) is 12.9. The van der Waals surface area contributed by atoms with Crippen LogP contribution in [0, 0.1) is 5.92 Å². The highest BCUT2D eigenvalue weighted by molar-refractivity contribution is 5.79. The van der Waals surface area contributed by atoms with Gasteiger partial charge in [0.1, 0.15) is 0 Å². The SMILES string of the molecule is CC(C)CN=C(NN)N1CCN(CCN(C)C)CC1. The molecule has 1 saturated heterocycles. The van der Waals surface area contributed by atoms with Crippen molar-refractivity contribution in [3.05, 3.63) is 0 Å². The van der Waals surface area contributed by atoms with Gasteiger partial charge in [0.05, 0.1) is 0 Å². The Bertz CT molecular complexity index is 268. The molecule has 0 radical (unpaired) electrons. The molecule has 0 spiro atoms. The molecule has 0 aromatic carbocycles. The first kappa shape index (κ1) is 16.2. The van der Waals surface area contributed by atoms with E-state index in [0.29, 0.717) is 5.92 Å². The van der Waals surface area contributed by atoms with Gasteiger partial charge in [0, 0.05) is 45.8 Å². The zero-order valence-corrected chi connectivity index (χ0v) is 12.9. The molecule has 0 atom stereocenters. The van der Waals surface area contributed by atoms with Gasteiger partial charge in [-0.3, -0.25) is 15.3 Å². The number of rotatable bonds is 5. The topological polar surface area (TPSA) is 60.1 Å². The summed E-state index contributed by atoms with van der Waals surface area (Å²) in [7, 11) is 4.23. The van der Waals surface area contributed by atoms with Crippen molar-refractivity contribution >= 4 is 5.96 Å². The third kappa shape index (κ3) is 6.22. The van der Waals surface area contributed by atoms with Gasteiger partial charge >= 0.3 is 0 Å². The van der Waals surface area contributed by atoms with Gasteiger partial charge in [0.15, 0.2) is 0 Å². The highest BCUT2D eigenvalue weighted by atomic mass is 15.4. The van der Waals surface area contributed by atoms with E-state index >= 15 is 0 Å². The lowest BCUT2D eigenvalue weighted by Gasteiger charge is -2.36. The van der Waals surface area contributed by atoms with Crippen LogP contribution in [-0.2, 0) is 0 Å². The number of guanidine groups is 1.